The van der Waals surface area contributed by atoms with Gasteiger partial charge in [-0.1, -0.05) is 48.5 Å². The molecular formula is C26H30N2O7. The molecule has 3 atom stereocenters. The number of aliphatic carboxylic acids is 1. The van der Waals surface area contributed by atoms with Crippen molar-refractivity contribution < 1.29 is 33.7 Å². The number of rotatable bonds is 8. The third-order valence-corrected chi connectivity index (χ3v) is 6.62. The lowest BCUT2D eigenvalue weighted by molar-refractivity contribution is -0.165. The lowest BCUT2D eigenvalue weighted by Gasteiger charge is -2.37. The average molecular weight is 483 g/mol. The van der Waals surface area contributed by atoms with Crippen LogP contribution in [-0.4, -0.2) is 79.6 Å². The van der Waals surface area contributed by atoms with Crippen LogP contribution >= 0.6 is 0 Å². The number of ether oxygens (including phenoxy) is 3. The molecule has 2 amide bonds. The van der Waals surface area contributed by atoms with Gasteiger partial charge in [0, 0.05) is 26.1 Å². The fourth-order valence-corrected chi connectivity index (χ4v) is 4.83. The highest BCUT2D eigenvalue weighted by Crippen LogP contribution is 2.44. The second kappa shape index (κ2) is 10.9. The van der Waals surface area contributed by atoms with Gasteiger partial charge in [0.05, 0.1) is 25.2 Å². The Morgan fingerprint density at radius 1 is 1.11 bits per heavy atom. The van der Waals surface area contributed by atoms with Gasteiger partial charge in [-0.3, -0.25) is 4.79 Å². The number of benzene rings is 2. The summed E-state index contributed by atoms with van der Waals surface area (Å²) < 4.78 is 16.3. The molecule has 4 rings (SSSR count). The molecule has 1 aliphatic carbocycles. The molecule has 1 fully saturated rings. The van der Waals surface area contributed by atoms with Gasteiger partial charge in [0.15, 0.2) is 6.04 Å². The lowest BCUT2D eigenvalue weighted by Crippen LogP contribution is -2.57. The first kappa shape index (κ1) is 24.7. The fraction of sp³-hybridized carbons (Fsp3) is 0.423. The minimum atomic E-state index is -1.11. The van der Waals surface area contributed by atoms with Crippen LogP contribution in [0.15, 0.2) is 48.5 Å². The Morgan fingerprint density at radius 2 is 1.74 bits per heavy atom. The zero-order valence-electron chi connectivity index (χ0n) is 19.8. The fourth-order valence-electron chi connectivity index (χ4n) is 4.83. The van der Waals surface area contributed by atoms with Gasteiger partial charge >= 0.3 is 12.1 Å². The minimum absolute atomic E-state index is 0.0517. The highest BCUT2D eigenvalue weighted by molar-refractivity contribution is 5.84. The molecule has 0 bridgehead atoms. The maximum absolute atomic E-state index is 12.8. The van der Waals surface area contributed by atoms with Crippen LogP contribution in [0.2, 0.25) is 0 Å². The van der Waals surface area contributed by atoms with Crippen LogP contribution in [0.3, 0.4) is 0 Å². The van der Waals surface area contributed by atoms with Crippen LogP contribution in [0.5, 0.6) is 0 Å². The number of amides is 2. The Labute approximate surface area is 204 Å². The van der Waals surface area contributed by atoms with Crippen molar-refractivity contribution in [1.29, 1.82) is 0 Å². The summed E-state index contributed by atoms with van der Waals surface area (Å²) in [4.78, 5) is 38.1. The number of carboxylic acid groups (broad SMARTS) is 1. The monoisotopic (exact) mass is 482 g/mol. The maximum atomic E-state index is 12.8. The van der Waals surface area contributed by atoms with Gasteiger partial charge in [0.25, 0.3) is 0 Å². The van der Waals surface area contributed by atoms with E-state index in [2.05, 4.69) is 17.4 Å². The molecule has 9 nitrogen and oxygen atoms in total. The number of alkyl carbamates (subject to hydrolysis) is 1. The van der Waals surface area contributed by atoms with E-state index in [1.54, 1.807) is 6.92 Å². The summed E-state index contributed by atoms with van der Waals surface area (Å²) in [6.45, 7) is 2.33. The minimum Gasteiger partial charge on any atom is -0.480 e. The van der Waals surface area contributed by atoms with Crippen molar-refractivity contribution in [2.45, 2.75) is 37.5 Å². The highest BCUT2D eigenvalue weighted by Gasteiger charge is 2.38. The highest BCUT2D eigenvalue weighted by atomic mass is 16.5. The third kappa shape index (κ3) is 5.31. The number of hydrogen-bond donors (Lipinski definition) is 2. The van der Waals surface area contributed by atoms with Crippen molar-refractivity contribution in [2.24, 2.45) is 0 Å². The van der Waals surface area contributed by atoms with Gasteiger partial charge in [-0.05, 0) is 29.2 Å². The van der Waals surface area contributed by atoms with Crippen LogP contribution in [0.1, 0.15) is 30.4 Å². The average Bonchev–Trinajstić information content (AvgIpc) is 3.18. The van der Waals surface area contributed by atoms with Crippen molar-refractivity contribution in [2.75, 3.05) is 33.4 Å². The van der Waals surface area contributed by atoms with Crippen LogP contribution < -0.4 is 5.32 Å². The third-order valence-electron chi connectivity index (χ3n) is 6.62. The Bertz CT molecular complexity index is 1040. The zero-order chi connectivity index (χ0) is 24.9. The van der Waals surface area contributed by atoms with Gasteiger partial charge in [-0.2, -0.15) is 0 Å². The van der Waals surface area contributed by atoms with E-state index < -0.39 is 30.3 Å². The molecule has 35 heavy (non-hydrogen) atoms. The van der Waals surface area contributed by atoms with Gasteiger partial charge in [-0.15, -0.1) is 0 Å². The molecule has 2 aliphatic rings. The number of morpholine rings is 1. The van der Waals surface area contributed by atoms with Crippen molar-refractivity contribution in [1.82, 2.24) is 10.2 Å². The second-order valence-electron chi connectivity index (χ2n) is 8.71. The molecule has 0 spiro atoms. The summed E-state index contributed by atoms with van der Waals surface area (Å²) in [5, 5.41) is 12.1. The number of methoxy groups -OCH3 is 1. The van der Waals surface area contributed by atoms with Gasteiger partial charge in [-0.25, -0.2) is 9.59 Å². The largest absolute Gasteiger partial charge is 0.480 e. The molecule has 2 N–H and O–H groups in total. The van der Waals surface area contributed by atoms with E-state index in [0.29, 0.717) is 0 Å². The Morgan fingerprint density at radius 3 is 2.34 bits per heavy atom. The zero-order valence-corrected chi connectivity index (χ0v) is 19.8. The summed E-state index contributed by atoms with van der Waals surface area (Å²) in [6.07, 6.45) is -1.91. The normalized spacial score (nSPS) is 20.0. The SMILES string of the molecule is COC(CNC(=O)OCC1c2ccccc2-c2ccccc21)CC(=O)N1CCOC(C)C1C(=O)O. The first-order chi connectivity index (χ1) is 16.9. The predicted octanol–water partition coefficient (Wildman–Crippen LogP) is 2.63. The van der Waals surface area contributed by atoms with Crippen molar-refractivity contribution in [3.63, 3.8) is 0 Å². The van der Waals surface area contributed by atoms with E-state index in [-0.39, 0.29) is 44.5 Å². The molecule has 0 radical (unpaired) electrons. The van der Waals surface area contributed by atoms with Crippen LogP contribution in [0.4, 0.5) is 4.79 Å². The number of carbonyl (C=O) groups excluding carboxylic acids is 2. The Balaban J connectivity index is 1.30. The summed E-state index contributed by atoms with van der Waals surface area (Å²) in [5.41, 5.74) is 4.53. The molecule has 2 aromatic carbocycles. The molecule has 1 saturated heterocycles. The van der Waals surface area contributed by atoms with Gasteiger partial charge < -0.3 is 29.5 Å². The summed E-state index contributed by atoms with van der Waals surface area (Å²) in [5.74, 6) is -1.53. The van der Waals surface area contributed by atoms with Crippen LogP contribution in [0, 0.1) is 0 Å². The molecule has 0 saturated carbocycles. The standard InChI is InChI=1S/C26H30N2O7/c1-16-24(25(30)31)28(11-12-34-16)23(29)13-17(33-2)14-27-26(32)35-15-22-20-9-5-3-7-18(20)19-8-4-6-10-21(19)22/h3-10,16-17,22,24H,11-15H2,1-2H3,(H,27,32)(H,30,31). The topological polar surface area (TPSA) is 114 Å². The Kier molecular flexibility index (Phi) is 7.67. The van der Waals surface area contributed by atoms with Gasteiger partial charge in [0.1, 0.15) is 6.61 Å². The van der Waals surface area contributed by atoms with Crippen molar-refractivity contribution >= 4 is 18.0 Å². The lowest BCUT2D eigenvalue weighted by atomic mass is 9.98. The maximum Gasteiger partial charge on any atom is 0.407 e. The number of carboxylic acids is 1. The first-order valence-corrected chi connectivity index (χ1v) is 11.7. The number of fused-ring (bicyclic) bond motifs is 3. The quantitative estimate of drug-likeness (QED) is 0.594. The molecule has 9 heteroatoms. The number of nitrogens with zero attached hydrogens (tertiary/aromatic N) is 1. The molecule has 3 unspecified atom stereocenters. The molecule has 186 valence electrons. The smallest absolute Gasteiger partial charge is 0.407 e. The van der Waals surface area contributed by atoms with E-state index in [1.807, 2.05) is 36.4 Å². The predicted molar refractivity (Wildman–Crippen MR) is 127 cm³/mol. The van der Waals surface area contributed by atoms with Crippen molar-refractivity contribution in [3.05, 3.63) is 59.7 Å². The van der Waals surface area contributed by atoms with E-state index in [4.69, 9.17) is 14.2 Å². The van der Waals surface area contributed by atoms with E-state index in [0.717, 1.165) is 22.3 Å². The summed E-state index contributed by atoms with van der Waals surface area (Å²) in [6, 6.07) is 15.1. The Hall–Kier alpha value is -3.43. The van der Waals surface area contributed by atoms with E-state index in [9.17, 15) is 19.5 Å². The number of carbonyl (C=O) groups is 3. The van der Waals surface area contributed by atoms with Crippen molar-refractivity contribution in [3.8, 4) is 11.1 Å². The molecule has 0 aromatic heterocycles. The molecular weight excluding hydrogens is 452 g/mol. The molecule has 1 aliphatic heterocycles. The van der Waals surface area contributed by atoms with E-state index >= 15 is 0 Å². The number of nitrogens with one attached hydrogen (secondary N) is 1. The second-order valence-corrected chi connectivity index (χ2v) is 8.71. The molecule has 2 aromatic rings. The van der Waals surface area contributed by atoms with Crippen LogP contribution in [0.25, 0.3) is 11.1 Å². The van der Waals surface area contributed by atoms with Gasteiger partial charge in [0.2, 0.25) is 5.91 Å². The van der Waals surface area contributed by atoms with Crippen LogP contribution in [-0.2, 0) is 23.8 Å². The first-order valence-electron chi connectivity index (χ1n) is 11.7. The molecule has 1 heterocycles. The summed E-state index contributed by atoms with van der Waals surface area (Å²) in [7, 11) is 1.44. The number of hydrogen-bond acceptors (Lipinski definition) is 6. The summed E-state index contributed by atoms with van der Waals surface area (Å²) >= 11 is 0. The van der Waals surface area contributed by atoms with E-state index in [1.165, 1.54) is 12.0 Å².